The zero-order valence-electron chi connectivity index (χ0n) is 16.8. The van der Waals surface area contributed by atoms with Crippen LogP contribution in [0.15, 0.2) is 60.8 Å². The van der Waals surface area contributed by atoms with Gasteiger partial charge in [0, 0.05) is 24.0 Å². The molecule has 0 atom stereocenters. The number of hydrogen-bond acceptors (Lipinski definition) is 4. The molecule has 31 heavy (non-hydrogen) atoms. The van der Waals surface area contributed by atoms with Gasteiger partial charge in [-0.15, -0.1) is 0 Å². The number of amides is 1. The zero-order chi connectivity index (χ0) is 22.4. The summed E-state index contributed by atoms with van der Waals surface area (Å²) in [6.07, 6.45) is -2.78. The molecule has 5 nitrogen and oxygen atoms in total. The molecule has 162 valence electrons. The van der Waals surface area contributed by atoms with Crippen LogP contribution in [-0.4, -0.2) is 29.1 Å². The molecule has 1 aromatic heterocycles. The van der Waals surface area contributed by atoms with Crippen LogP contribution in [0.1, 0.15) is 32.6 Å². The van der Waals surface area contributed by atoms with Crippen LogP contribution in [0, 0.1) is 6.92 Å². The number of rotatable bonds is 7. The predicted octanol–water partition coefficient (Wildman–Crippen LogP) is 4.47. The number of nitrogens with zero attached hydrogens (tertiary/aromatic N) is 1. The maximum Gasteiger partial charge on any atom is 0.416 e. The first-order valence-electron chi connectivity index (χ1n) is 9.65. The third-order valence-corrected chi connectivity index (χ3v) is 4.78. The van der Waals surface area contributed by atoms with Crippen LogP contribution in [0.4, 0.5) is 24.7 Å². The fourth-order valence-electron chi connectivity index (χ4n) is 3.24. The number of alkyl halides is 3. The van der Waals surface area contributed by atoms with Crippen LogP contribution in [-0.2, 0) is 12.6 Å². The number of carbonyl (C=O) groups excluding carboxylic acids is 1. The first-order valence-corrected chi connectivity index (χ1v) is 9.65. The number of halogens is 3. The van der Waals surface area contributed by atoms with Crippen molar-refractivity contribution in [1.29, 1.82) is 0 Å². The van der Waals surface area contributed by atoms with Gasteiger partial charge in [-0.2, -0.15) is 13.2 Å². The van der Waals surface area contributed by atoms with Crippen LogP contribution in [0.25, 0.3) is 0 Å². The van der Waals surface area contributed by atoms with E-state index in [1.807, 2.05) is 0 Å². The molecule has 0 aliphatic carbocycles. The van der Waals surface area contributed by atoms with E-state index in [9.17, 15) is 18.0 Å². The minimum Gasteiger partial charge on any atom is -0.395 e. The Kier molecular flexibility index (Phi) is 6.91. The van der Waals surface area contributed by atoms with E-state index in [2.05, 4.69) is 15.6 Å². The van der Waals surface area contributed by atoms with Crippen molar-refractivity contribution in [2.75, 3.05) is 18.5 Å². The van der Waals surface area contributed by atoms with Gasteiger partial charge in [0.1, 0.15) is 5.82 Å². The number of aliphatic hydroxyl groups excluding tert-OH is 1. The molecule has 0 fully saturated rings. The van der Waals surface area contributed by atoms with Crippen molar-refractivity contribution in [2.24, 2.45) is 0 Å². The van der Waals surface area contributed by atoms with Crippen LogP contribution >= 0.6 is 0 Å². The van der Waals surface area contributed by atoms with Gasteiger partial charge in [-0.25, -0.2) is 4.98 Å². The predicted molar refractivity (Wildman–Crippen MR) is 112 cm³/mol. The van der Waals surface area contributed by atoms with Gasteiger partial charge >= 0.3 is 6.18 Å². The Morgan fingerprint density at radius 1 is 1.10 bits per heavy atom. The van der Waals surface area contributed by atoms with E-state index in [0.29, 0.717) is 28.2 Å². The van der Waals surface area contributed by atoms with E-state index in [0.717, 1.165) is 6.07 Å². The summed E-state index contributed by atoms with van der Waals surface area (Å²) in [5, 5.41) is 14.6. The minimum atomic E-state index is -4.42. The van der Waals surface area contributed by atoms with Crippen LogP contribution < -0.4 is 10.6 Å². The maximum atomic E-state index is 13.3. The third-order valence-electron chi connectivity index (χ3n) is 4.78. The van der Waals surface area contributed by atoms with Gasteiger partial charge in [0.2, 0.25) is 0 Å². The topological polar surface area (TPSA) is 74.2 Å². The number of hydrogen-bond donors (Lipinski definition) is 3. The Balaban J connectivity index is 1.82. The van der Waals surface area contributed by atoms with Crippen molar-refractivity contribution >= 4 is 17.4 Å². The Bertz CT molecular complexity index is 1070. The SMILES string of the molecule is Cc1c(Nc2cc(Cc3ccccc3C(F)(F)F)ccn2)cccc1C(=O)NCCO. The van der Waals surface area contributed by atoms with Gasteiger partial charge in [0.25, 0.3) is 5.91 Å². The summed E-state index contributed by atoms with van der Waals surface area (Å²) in [6, 6.07) is 14.0. The Hall–Kier alpha value is -3.39. The van der Waals surface area contributed by atoms with Crippen molar-refractivity contribution < 1.29 is 23.1 Å². The molecule has 1 heterocycles. The number of benzene rings is 2. The van der Waals surface area contributed by atoms with Crippen LogP contribution in [0.5, 0.6) is 0 Å². The number of anilines is 2. The van der Waals surface area contributed by atoms with Gasteiger partial charge < -0.3 is 15.7 Å². The summed E-state index contributed by atoms with van der Waals surface area (Å²) in [4.78, 5) is 16.5. The fourth-order valence-corrected chi connectivity index (χ4v) is 3.24. The highest BCUT2D eigenvalue weighted by Gasteiger charge is 2.32. The summed E-state index contributed by atoms with van der Waals surface area (Å²) in [5.74, 6) is 0.152. The Morgan fingerprint density at radius 3 is 2.61 bits per heavy atom. The molecule has 0 bridgehead atoms. The Morgan fingerprint density at radius 2 is 1.87 bits per heavy atom. The van der Waals surface area contributed by atoms with E-state index in [-0.39, 0.29) is 31.0 Å². The van der Waals surface area contributed by atoms with E-state index >= 15 is 0 Å². The quantitative estimate of drug-likeness (QED) is 0.518. The smallest absolute Gasteiger partial charge is 0.395 e. The molecule has 8 heteroatoms. The number of aliphatic hydroxyl groups is 1. The highest BCUT2D eigenvalue weighted by Crippen LogP contribution is 2.33. The molecule has 3 N–H and O–H groups in total. The second-order valence-corrected chi connectivity index (χ2v) is 6.96. The molecule has 1 amide bonds. The van der Waals surface area contributed by atoms with Crippen molar-refractivity contribution in [1.82, 2.24) is 10.3 Å². The lowest BCUT2D eigenvalue weighted by Crippen LogP contribution is -2.27. The number of carbonyl (C=O) groups is 1. The molecule has 2 aromatic carbocycles. The molecule has 0 radical (unpaired) electrons. The number of pyridine rings is 1. The molecule has 0 saturated heterocycles. The first kappa shape index (κ1) is 22.3. The zero-order valence-corrected chi connectivity index (χ0v) is 16.8. The van der Waals surface area contributed by atoms with Gasteiger partial charge in [-0.3, -0.25) is 4.79 Å². The van der Waals surface area contributed by atoms with Crippen molar-refractivity contribution in [3.63, 3.8) is 0 Å². The van der Waals surface area contributed by atoms with E-state index in [1.165, 1.54) is 18.3 Å². The second kappa shape index (κ2) is 9.61. The summed E-state index contributed by atoms with van der Waals surface area (Å²) in [7, 11) is 0. The summed E-state index contributed by atoms with van der Waals surface area (Å²) >= 11 is 0. The summed E-state index contributed by atoms with van der Waals surface area (Å²) in [5.41, 5.74) is 1.99. The highest BCUT2D eigenvalue weighted by atomic mass is 19.4. The van der Waals surface area contributed by atoms with Gasteiger partial charge in [-0.1, -0.05) is 24.3 Å². The maximum absolute atomic E-state index is 13.3. The van der Waals surface area contributed by atoms with Crippen molar-refractivity contribution in [3.8, 4) is 0 Å². The second-order valence-electron chi connectivity index (χ2n) is 6.96. The van der Waals surface area contributed by atoms with Gasteiger partial charge in [-0.05, 0) is 60.4 Å². The Labute approximate surface area is 178 Å². The third kappa shape index (κ3) is 5.61. The van der Waals surface area contributed by atoms with Crippen LogP contribution in [0.2, 0.25) is 0 Å². The van der Waals surface area contributed by atoms with Crippen LogP contribution in [0.3, 0.4) is 0 Å². The molecule has 0 saturated carbocycles. The summed E-state index contributed by atoms with van der Waals surface area (Å²) < 4.78 is 39.8. The van der Waals surface area contributed by atoms with Gasteiger partial charge in [0.05, 0.1) is 12.2 Å². The lowest BCUT2D eigenvalue weighted by Gasteiger charge is -2.15. The molecule has 0 aliphatic rings. The molecular formula is C23H22F3N3O2. The monoisotopic (exact) mass is 429 g/mol. The molecular weight excluding hydrogens is 407 g/mol. The highest BCUT2D eigenvalue weighted by molar-refractivity contribution is 5.97. The minimum absolute atomic E-state index is 0.107. The van der Waals surface area contributed by atoms with E-state index < -0.39 is 11.7 Å². The van der Waals surface area contributed by atoms with E-state index in [1.54, 1.807) is 43.3 Å². The average Bonchev–Trinajstić information content (AvgIpc) is 2.73. The molecule has 3 aromatic rings. The molecule has 3 rings (SSSR count). The lowest BCUT2D eigenvalue weighted by atomic mass is 10.00. The molecule has 0 spiro atoms. The number of aromatic nitrogens is 1. The van der Waals surface area contributed by atoms with Crippen molar-refractivity contribution in [3.05, 3.63) is 88.6 Å². The van der Waals surface area contributed by atoms with Gasteiger partial charge in [0.15, 0.2) is 0 Å². The average molecular weight is 429 g/mol. The summed E-state index contributed by atoms with van der Waals surface area (Å²) in [6.45, 7) is 1.77. The van der Waals surface area contributed by atoms with Crippen molar-refractivity contribution in [2.45, 2.75) is 19.5 Å². The largest absolute Gasteiger partial charge is 0.416 e. The molecule has 0 aliphatic heterocycles. The number of nitrogens with one attached hydrogen (secondary N) is 2. The lowest BCUT2D eigenvalue weighted by molar-refractivity contribution is -0.138. The first-order chi connectivity index (χ1) is 14.8. The fraction of sp³-hybridized carbons (Fsp3) is 0.217. The van der Waals surface area contributed by atoms with E-state index in [4.69, 9.17) is 5.11 Å². The molecule has 0 unspecified atom stereocenters. The normalized spacial score (nSPS) is 11.3. The standard InChI is InChI=1S/C23H22F3N3O2/c1-15-18(22(31)28-11-12-30)6-4-8-20(15)29-21-14-16(9-10-27-21)13-17-5-2-3-7-19(17)23(24,25)26/h2-10,14,30H,11-13H2,1H3,(H,27,29)(H,28,31).